The quantitative estimate of drug-likeness (QED) is 0.721. The fourth-order valence-electron chi connectivity index (χ4n) is 2.71. The summed E-state index contributed by atoms with van der Waals surface area (Å²) in [5, 5.41) is 0. The first-order valence-electron chi connectivity index (χ1n) is 8.48. The van der Waals surface area contributed by atoms with Gasteiger partial charge in [-0.05, 0) is 48.5 Å². The molecule has 1 unspecified atom stereocenters. The molecule has 2 aliphatic heterocycles. The Morgan fingerprint density at radius 3 is 2.29 bits per heavy atom. The molecule has 0 spiro atoms. The van der Waals surface area contributed by atoms with Gasteiger partial charge in [0.1, 0.15) is 11.8 Å². The van der Waals surface area contributed by atoms with Crippen molar-refractivity contribution < 1.29 is 23.2 Å². The molecule has 0 aromatic rings. The molecule has 0 bridgehead atoms. The third kappa shape index (κ3) is 4.31. The van der Waals surface area contributed by atoms with Gasteiger partial charge in [0, 0.05) is 6.42 Å². The number of likely N-dealkylation sites (tertiary alicyclic amines) is 1. The summed E-state index contributed by atoms with van der Waals surface area (Å²) < 4.78 is 31.0. The predicted molar refractivity (Wildman–Crippen MR) is 91.5 cm³/mol. The molecule has 2 fully saturated rings. The molecule has 0 saturated carbocycles. The van der Waals surface area contributed by atoms with Crippen LogP contribution in [0.15, 0.2) is 12.1 Å². The number of nitrogens with zero attached hydrogens (tertiary/aromatic N) is 1. The molecule has 2 heterocycles. The van der Waals surface area contributed by atoms with Crippen molar-refractivity contribution in [1.82, 2.24) is 4.90 Å². The van der Waals surface area contributed by atoms with E-state index >= 15 is 0 Å². The standard InChI is InChI=1S/C17H29BFNO4/c1-15(2,3)22-14(21)20-11-12(19)10-13(20)8-9-18-23-16(4,5)17(6,7)24-18/h8-9,12-13H,10-11H2,1-7H3/b9-8+/t12-,13?/m0/s1. The highest BCUT2D eigenvalue weighted by Crippen LogP contribution is 2.37. The lowest BCUT2D eigenvalue weighted by atomic mass is 9.89. The molecule has 2 rings (SSSR count). The summed E-state index contributed by atoms with van der Waals surface area (Å²) in [6.07, 6.45) is 0.498. The van der Waals surface area contributed by atoms with Gasteiger partial charge in [0.2, 0.25) is 0 Å². The van der Waals surface area contributed by atoms with E-state index in [4.69, 9.17) is 14.0 Å². The second-order valence-corrected chi connectivity index (χ2v) is 8.54. The minimum Gasteiger partial charge on any atom is -0.444 e. The fraction of sp³-hybridized carbons (Fsp3) is 0.824. The molecule has 0 N–H and O–H groups in total. The largest absolute Gasteiger partial charge is 0.486 e. The number of rotatable bonds is 2. The first-order valence-corrected chi connectivity index (χ1v) is 8.48. The molecule has 7 heteroatoms. The summed E-state index contributed by atoms with van der Waals surface area (Å²) in [4.78, 5) is 13.7. The van der Waals surface area contributed by atoms with Crippen molar-refractivity contribution in [1.29, 1.82) is 0 Å². The van der Waals surface area contributed by atoms with Crippen LogP contribution in [-0.4, -0.2) is 53.7 Å². The van der Waals surface area contributed by atoms with Gasteiger partial charge in [0.25, 0.3) is 0 Å². The molecule has 0 aromatic carbocycles. The molecule has 1 amide bonds. The number of amides is 1. The van der Waals surface area contributed by atoms with Gasteiger partial charge >= 0.3 is 13.2 Å². The Hall–Kier alpha value is -1.08. The Balaban J connectivity index is 2.03. The Morgan fingerprint density at radius 1 is 1.25 bits per heavy atom. The maximum atomic E-state index is 13.8. The molecule has 136 valence electrons. The van der Waals surface area contributed by atoms with Gasteiger partial charge in [-0.3, -0.25) is 4.90 Å². The van der Waals surface area contributed by atoms with E-state index in [1.807, 2.05) is 27.7 Å². The Morgan fingerprint density at radius 2 is 1.79 bits per heavy atom. The number of alkyl halides is 1. The second kappa shape index (κ2) is 6.34. The predicted octanol–water partition coefficient (Wildman–Crippen LogP) is 3.52. The highest BCUT2D eigenvalue weighted by molar-refractivity contribution is 6.51. The van der Waals surface area contributed by atoms with Crippen molar-refractivity contribution in [2.75, 3.05) is 6.54 Å². The summed E-state index contributed by atoms with van der Waals surface area (Å²) in [5.41, 5.74) is -1.46. The van der Waals surface area contributed by atoms with Crippen LogP contribution in [0.1, 0.15) is 54.9 Å². The zero-order valence-electron chi connectivity index (χ0n) is 15.8. The lowest BCUT2D eigenvalue weighted by Crippen LogP contribution is -2.41. The van der Waals surface area contributed by atoms with E-state index in [0.717, 1.165) is 0 Å². The van der Waals surface area contributed by atoms with Gasteiger partial charge in [0.05, 0.1) is 23.8 Å². The van der Waals surface area contributed by atoms with Crippen LogP contribution in [0.2, 0.25) is 0 Å². The number of ether oxygens (including phenoxy) is 1. The molecular formula is C17H29BFNO4. The van der Waals surface area contributed by atoms with Crippen molar-refractivity contribution in [3.63, 3.8) is 0 Å². The van der Waals surface area contributed by atoms with Crippen molar-refractivity contribution in [2.45, 2.75) is 83.9 Å². The van der Waals surface area contributed by atoms with E-state index in [0.29, 0.717) is 0 Å². The number of carbonyl (C=O) groups is 1. The van der Waals surface area contributed by atoms with Crippen LogP contribution >= 0.6 is 0 Å². The van der Waals surface area contributed by atoms with Crippen LogP contribution in [-0.2, 0) is 14.0 Å². The van der Waals surface area contributed by atoms with E-state index in [-0.39, 0.29) is 19.0 Å². The van der Waals surface area contributed by atoms with Crippen LogP contribution in [0.25, 0.3) is 0 Å². The molecule has 0 aliphatic carbocycles. The maximum absolute atomic E-state index is 13.8. The monoisotopic (exact) mass is 341 g/mol. The van der Waals surface area contributed by atoms with Crippen LogP contribution in [0.4, 0.5) is 9.18 Å². The fourth-order valence-corrected chi connectivity index (χ4v) is 2.71. The normalized spacial score (nSPS) is 29.5. The maximum Gasteiger partial charge on any atom is 0.486 e. The molecule has 2 aliphatic rings. The average Bonchev–Trinajstić information content (AvgIpc) is 2.83. The molecular weight excluding hydrogens is 312 g/mol. The van der Waals surface area contributed by atoms with Crippen molar-refractivity contribution >= 4 is 13.2 Å². The molecule has 2 saturated heterocycles. The first-order chi connectivity index (χ1) is 10.8. The molecule has 24 heavy (non-hydrogen) atoms. The summed E-state index contributed by atoms with van der Waals surface area (Å²) in [5.74, 6) is 1.76. The number of hydrogen-bond donors (Lipinski definition) is 0. The summed E-state index contributed by atoms with van der Waals surface area (Å²) >= 11 is 0. The van der Waals surface area contributed by atoms with Gasteiger partial charge in [0.15, 0.2) is 0 Å². The van der Waals surface area contributed by atoms with Gasteiger partial charge in [-0.2, -0.15) is 0 Å². The Labute approximate surface area is 144 Å². The first kappa shape index (κ1) is 19.3. The van der Waals surface area contributed by atoms with Crippen molar-refractivity contribution in [3.05, 3.63) is 12.1 Å². The number of carbonyl (C=O) groups excluding carboxylic acids is 1. The van der Waals surface area contributed by atoms with E-state index in [9.17, 15) is 9.18 Å². The highest BCUT2D eigenvalue weighted by atomic mass is 19.1. The Bertz CT molecular complexity index is 499. The van der Waals surface area contributed by atoms with E-state index < -0.39 is 36.2 Å². The van der Waals surface area contributed by atoms with E-state index in [2.05, 4.69) is 0 Å². The SMILES string of the molecule is CC(C)(C)OC(=O)N1C[C@@H](F)CC1/C=C/B1OC(C)(C)C(C)(C)O1. The second-order valence-electron chi connectivity index (χ2n) is 8.54. The molecule has 0 radical (unpaired) electrons. The molecule has 0 aromatic heterocycles. The van der Waals surface area contributed by atoms with Gasteiger partial charge < -0.3 is 14.0 Å². The lowest BCUT2D eigenvalue weighted by Gasteiger charge is -2.32. The summed E-state index contributed by atoms with van der Waals surface area (Å²) in [7, 11) is -0.505. The minimum absolute atomic E-state index is 0.0489. The van der Waals surface area contributed by atoms with Gasteiger partial charge in [-0.25, -0.2) is 9.18 Å². The number of halogens is 1. The van der Waals surface area contributed by atoms with Crippen LogP contribution in [0, 0.1) is 0 Å². The van der Waals surface area contributed by atoms with E-state index in [1.165, 1.54) is 4.90 Å². The lowest BCUT2D eigenvalue weighted by molar-refractivity contribution is 0.00578. The Kier molecular flexibility index (Phi) is 5.08. The zero-order chi connectivity index (χ0) is 18.3. The minimum atomic E-state index is -1.05. The van der Waals surface area contributed by atoms with Gasteiger partial charge in [-0.1, -0.05) is 12.1 Å². The van der Waals surface area contributed by atoms with Crippen molar-refractivity contribution in [3.8, 4) is 0 Å². The van der Waals surface area contributed by atoms with Crippen LogP contribution < -0.4 is 0 Å². The number of hydrogen-bond acceptors (Lipinski definition) is 4. The molecule has 2 atom stereocenters. The summed E-state index contributed by atoms with van der Waals surface area (Å²) in [6, 6.07) is -0.353. The summed E-state index contributed by atoms with van der Waals surface area (Å²) in [6.45, 7) is 13.3. The van der Waals surface area contributed by atoms with Gasteiger partial charge in [-0.15, -0.1) is 0 Å². The van der Waals surface area contributed by atoms with Crippen LogP contribution in [0.3, 0.4) is 0 Å². The third-order valence-corrected chi connectivity index (χ3v) is 4.68. The van der Waals surface area contributed by atoms with Crippen molar-refractivity contribution in [2.24, 2.45) is 0 Å². The van der Waals surface area contributed by atoms with E-state index in [1.54, 1.807) is 32.8 Å². The molecule has 5 nitrogen and oxygen atoms in total. The highest BCUT2D eigenvalue weighted by Gasteiger charge is 2.50. The van der Waals surface area contributed by atoms with Crippen LogP contribution in [0.5, 0.6) is 0 Å². The smallest absolute Gasteiger partial charge is 0.444 e. The zero-order valence-corrected chi connectivity index (χ0v) is 15.8. The third-order valence-electron chi connectivity index (χ3n) is 4.68. The topological polar surface area (TPSA) is 48.0 Å². The average molecular weight is 341 g/mol.